The number of aromatic nitrogens is 3. The van der Waals surface area contributed by atoms with Gasteiger partial charge in [0.05, 0.1) is 10.6 Å². The normalized spacial score (nSPS) is 10.5. The lowest BCUT2D eigenvalue weighted by molar-refractivity contribution is 0.603. The van der Waals surface area contributed by atoms with Crippen molar-refractivity contribution in [3.63, 3.8) is 0 Å². The second-order valence-corrected chi connectivity index (χ2v) is 7.57. The maximum Gasteiger partial charge on any atom is 0.177 e. The maximum absolute atomic E-state index is 12.2. The summed E-state index contributed by atoms with van der Waals surface area (Å²) in [5.41, 5.74) is 2.64. The van der Waals surface area contributed by atoms with Crippen LogP contribution in [0.4, 0.5) is 0 Å². The lowest BCUT2D eigenvalue weighted by atomic mass is 10.2. The highest BCUT2D eigenvalue weighted by Gasteiger charge is 2.14. The van der Waals surface area contributed by atoms with Crippen LogP contribution in [-0.4, -0.2) is 37.4 Å². The number of rotatable bonds is 5. The van der Waals surface area contributed by atoms with E-state index in [0.717, 1.165) is 27.5 Å². The summed E-state index contributed by atoms with van der Waals surface area (Å²) >= 11 is 0. The van der Waals surface area contributed by atoms with Gasteiger partial charge in [-0.1, -0.05) is 78.5 Å². The molecule has 1 unspecified atom stereocenters. The van der Waals surface area contributed by atoms with E-state index in [2.05, 4.69) is 16.7 Å². The Labute approximate surface area is 191 Å². The van der Waals surface area contributed by atoms with Crippen LogP contribution in [-0.2, 0) is 11.0 Å². The van der Waals surface area contributed by atoms with Gasteiger partial charge in [0.2, 0.25) is 0 Å². The third-order valence-corrected chi connectivity index (χ3v) is 4.97. The van der Waals surface area contributed by atoms with Crippen LogP contribution in [0.2, 0.25) is 0 Å². The quantitative estimate of drug-likeness (QED) is 0.445. The number of nitrogens with zero attached hydrogens (tertiary/aromatic N) is 4. The molecule has 0 aliphatic rings. The molecule has 0 saturated heterocycles. The smallest absolute Gasteiger partial charge is 0.177 e. The summed E-state index contributed by atoms with van der Waals surface area (Å²) in [6.07, 6.45) is 0. The van der Waals surface area contributed by atoms with E-state index >= 15 is 0 Å². The second-order valence-electron chi connectivity index (χ2n) is 5.87. The van der Waals surface area contributed by atoms with Crippen molar-refractivity contribution in [3.05, 3.63) is 67.0 Å². The molecule has 1 aromatic heterocycles. The van der Waals surface area contributed by atoms with Crippen molar-refractivity contribution in [3.8, 4) is 17.1 Å². The molecule has 170 valence electrons. The maximum atomic E-state index is 12.2. The Morgan fingerprint density at radius 3 is 1.87 bits per heavy atom. The first-order chi connectivity index (χ1) is 15.0. The van der Waals surface area contributed by atoms with Gasteiger partial charge in [0, 0.05) is 5.56 Å². The highest BCUT2D eigenvalue weighted by molar-refractivity contribution is 7.82. The second kappa shape index (κ2) is 15.3. The zero-order valence-corrected chi connectivity index (χ0v) is 21.3. The van der Waals surface area contributed by atoms with E-state index in [1.54, 1.807) is 23.1 Å². The molecule has 0 fully saturated rings. The topological polar surface area (TPSA) is 51.0 Å². The largest absolute Gasteiger partial charge is 0.237 e. The van der Waals surface area contributed by atoms with Gasteiger partial charge in [-0.2, -0.15) is 0 Å². The Hall–Kier alpha value is -2.57. The molecule has 0 aliphatic heterocycles. The molecule has 1 atom stereocenters. The van der Waals surface area contributed by atoms with Crippen molar-refractivity contribution in [2.24, 2.45) is 0 Å². The standard InChI is InChI=1S/C19H20N4OS.3C2H6/c1-14(2)18-20-19(15-8-6-5-7-9-15)23(21-18)16-10-12-17(13-11-16)25(24)22(3)4;3*1-2/h5-13H,1H2,2-4H3;3*1-2H3. The molecule has 0 bridgehead atoms. The Morgan fingerprint density at radius 1 is 0.903 bits per heavy atom. The monoisotopic (exact) mass is 442 g/mol. The van der Waals surface area contributed by atoms with Gasteiger partial charge in [-0.25, -0.2) is 18.2 Å². The van der Waals surface area contributed by atoms with Crippen LogP contribution in [0, 0.1) is 0 Å². The van der Waals surface area contributed by atoms with Gasteiger partial charge in [0.1, 0.15) is 11.0 Å². The molecule has 0 spiro atoms. The molecular weight excluding hydrogens is 404 g/mol. The van der Waals surface area contributed by atoms with Crippen molar-refractivity contribution in [1.82, 2.24) is 19.1 Å². The van der Waals surface area contributed by atoms with Crippen LogP contribution in [0.5, 0.6) is 0 Å². The van der Waals surface area contributed by atoms with Crippen molar-refractivity contribution in [2.45, 2.75) is 53.4 Å². The van der Waals surface area contributed by atoms with Crippen LogP contribution in [0.15, 0.2) is 66.1 Å². The van der Waals surface area contributed by atoms with Gasteiger partial charge in [-0.15, -0.1) is 5.10 Å². The van der Waals surface area contributed by atoms with Gasteiger partial charge in [-0.3, -0.25) is 0 Å². The lowest BCUT2D eigenvalue weighted by Crippen LogP contribution is -2.15. The SMILES string of the molecule is C=C(C)c1nc(-c2ccccc2)n(-c2ccc(S(=O)N(C)C)cc2)n1.CC.CC.CC. The average molecular weight is 443 g/mol. The molecule has 6 heteroatoms. The molecule has 0 amide bonds. The molecule has 0 saturated carbocycles. The third-order valence-electron chi connectivity index (χ3n) is 3.64. The van der Waals surface area contributed by atoms with Crippen molar-refractivity contribution < 1.29 is 4.21 Å². The molecule has 3 aromatic rings. The Morgan fingerprint density at radius 2 is 1.42 bits per heavy atom. The van der Waals surface area contributed by atoms with E-state index in [0.29, 0.717) is 5.82 Å². The minimum atomic E-state index is -1.17. The third kappa shape index (κ3) is 7.89. The van der Waals surface area contributed by atoms with E-state index < -0.39 is 11.0 Å². The number of benzene rings is 2. The van der Waals surface area contributed by atoms with Crippen molar-refractivity contribution in [2.75, 3.05) is 14.1 Å². The minimum absolute atomic E-state index is 0.611. The predicted molar refractivity (Wildman–Crippen MR) is 136 cm³/mol. The van der Waals surface area contributed by atoms with Gasteiger partial charge in [0.25, 0.3) is 0 Å². The first-order valence-corrected chi connectivity index (χ1v) is 12.0. The first kappa shape index (κ1) is 28.4. The zero-order valence-electron chi connectivity index (χ0n) is 20.5. The fourth-order valence-corrected chi connectivity index (χ4v) is 3.15. The van der Waals surface area contributed by atoms with Gasteiger partial charge >= 0.3 is 0 Å². The van der Waals surface area contributed by atoms with E-state index in [9.17, 15) is 4.21 Å². The summed E-state index contributed by atoms with van der Waals surface area (Å²) in [5.74, 6) is 1.36. The van der Waals surface area contributed by atoms with Crippen LogP contribution in [0.25, 0.3) is 22.6 Å². The number of allylic oxidation sites excluding steroid dienone is 1. The molecule has 31 heavy (non-hydrogen) atoms. The predicted octanol–water partition coefficient (Wildman–Crippen LogP) is 6.63. The van der Waals surface area contributed by atoms with E-state index in [1.807, 2.05) is 103 Å². The van der Waals surface area contributed by atoms with Gasteiger partial charge < -0.3 is 0 Å². The van der Waals surface area contributed by atoms with Crippen molar-refractivity contribution >= 4 is 16.6 Å². The summed E-state index contributed by atoms with van der Waals surface area (Å²) in [6, 6.07) is 17.4. The Kier molecular flexibility index (Phi) is 14.0. The summed E-state index contributed by atoms with van der Waals surface area (Å²) in [4.78, 5) is 5.37. The van der Waals surface area contributed by atoms with Crippen LogP contribution < -0.4 is 0 Å². The average Bonchev–Trinajstić information content (AvgIpc) is 3.29. The summed E-state index contributed by atoms with van der Waals surface area (Å²) in [7, 11) is 2.40. The fraction of sp³-hybridized carbons (Fsp3) is 0.360. The minimum Gasteiger partial charge on any atom is -0.237 e. The molecule has 1 heterocycles. The Bertz CT molecular complexity index is 916. The highest BCUT2D eigenvalue weighted by Crippen LogP contribution is 2.23. The molecule has 0 aliphatic carbocycles. The molecule has 5 nitrogen and oxygen atoms in total. The van der Waals surface area contributed by atoms with Crippen LogP contribution >= 0.6 is 0 Å². The number of hydrogen-bond acceptors (Lipinski definition) is 3. The molecule has 0 N–H and O–H groups in total. The Balaban J connectivity index is 0.00000138. The summed E-state index contributed by atoms with van der Waals surface area (Å²) in [5, 5.41) is 4.59. The number of hydrogen-bond donors (Lipinski definition) is 0. The summed E-state index contributed by atoms with van der Waals surface area (Å²) in [6.45, 7) is 17.8. The molecular formula is C25H38N4OS. The first-order valence-electron chi connectivity index (χ1n) is 10.9. The molecule has 3 rings (SSSR count). The van der Waals surface area contributed by atoms with E-state index in [1.165, 1.54) is 0 Å². The van der Waals surface area contributed by atoms with Crippen molar-refractivity contribution in [1.29, 1.82) is 0 Å². The fourth-order valence-electron chi connectivity index (χ4n) is 2.36. The van der Waals surface area contributed by atoms with E-state index in [4.69, 9.17) is 0 Å². The van der Waals surface area contributed by atoms with Gasteiger partial charge in [-0.05, 0) is 50.9 Å². The summed E-state index contributed by atoms with van der Waals surface area (Å²) < 4.78 is 15.6. The zero-order chi connectivity index (χ0) is 24.0. The molecule has 2 aromatic carbocycles. The van der Waals surface area contributed by atoms with E-state index in [-0.39, 0.29) is 0 Å². The van der Waals surface area contributed by atoms with Crippen LogP contribution in [0.3, 0.4) is 0 Å². The van der Waals surface area contributed by atoms with Crippen LogP contribution in [0.1, 0.15) is 54.3 Å². The molecule has 0 radical (unpaired) electrons. The van der Waals surface area contributed by atoms with Gasteiger partial charge in [0.15, 0.2) is 11.6 Å². The highest BCUT2D eigenvalue weighted by atomic mass is 32.2. The lowest BCUT2D eigenvalue weighted by Gasteiger charge is -2.10.